The maximum atomic E-state index is 12.6. The second kappa shape index (κ2) is 5.15. The van der Waals surface area contributed by atoms with Gasteiger partial charge in [0, 0.05) is 12.1 Å². The molecule has 0 fully saturated rings. The van der Waals surface area contributed by atoms with Crippen molar-refractivity contribution in [2.75, 3.05) is 0 Å². The first-order chi connectivity index (χ1) is 7.63. The predicted molar refractivity (Wildman–Crippen MR) is 51.1 cm³/mol. The molecule has 1 aromatic rings. The first-order valence-corrected chi connectivity index (χ1v) is 4.42. The van der Waals surface area contributed by atoms with Crippen molar-refractivity contribution in [2.24, 2.45) is 5.73 Å². The van der Waals surface area contributed by atoms with Gasteiger partial charge in [-0.2, -0.15) is 10.5 Å². The number of rotatable bonds is 3. The molecule has 0 atom stereocenters. The molecule has 0 aliphatic rings. The van der Waals surface area contributed by atoms with Gasteiger partial charge in [-0.05, 0) is 6.07 Å². The number of nitrogens with zero attached hydrogens (tertiary/aromatic N) is 3. The van der Waals surface area contributed by atoms with E-state index in [1.165, 1.54) is 0 Å². The minimum absolute atomic E-state index is 0.0849. The van der Waals surface area contributed by atoms with Crippen molar-refractivity contribution in [3.8, 4) is 12.1 Å². The molecule has 1 heterocycles. The zero-order valence-electron chi connectivity index (χ0n) is 8.24. The molecule has 0 saturated heterocycles. The number of aromatic nitrogens is 1. The van der Waals surface area contributed by atoms with Crippen molar-refractivity contribution in [2.45, 2.75) is 19.4 Å². The van der Waals surface area contributed by atoms with Crippen molar-refractivity contribution in [3.63, 3.8) is 0 Å². The number of hydrogen-bond donors (Lipinski definition) is 1. The third-order valence-corrected chi connectivity index (χ3v) is 1.98. The fraction of sp³-hybridized carbons (Fsp3) is 0.300. The Morgan fingerprint density at radius 2 is 2.12 bits per heavy atom. The van der Waals surface area contributed by atoms with Crippen LogP contribution in [0.25, 0.3) is 0 Å². The summed E-state index contributed by atoms with van der Waals surface area (Å²) in [6.07, 6.45) is -2.86. The predicted octanol–water partition coefficient (Wildman–Crippen LogP) is 1.42. The number of halogens is 2. The van der Waals surface area contributed by atoms with Crippen LogP contribution < -0.4 is 5.73 Å². The number of pyridine rings is 1. The number of hydrogen-bond acceptors (Lipinski definition) is 4. The summed E-state index contributed by atoms with van der Waals surface area (Å²) in [6.45, 7) is -0.109. The Hall–Kier alpha value is -2.05. The summed E-state index contributed by atoms with van der Waals surface area (Å²) in [5.41, 5.74) is 5.02. The molecule has 0 bridgehead atoms. The van der Waals surface area contributed by atoms with Crippen LogP contribution in [0.15, 0.2) is 6.07 Å². The van der Waals surface area contributed by atoms with E-state index in [0.29, 0.717) is 0 Å². The molecule has 1 aromatic heterocycles. The summed E-state index contributed by atoms with van der Waals surface area (Å²) in [7, 11) is 0. The van der Waals surface area contributed by atoms with Gasteiger partial charge in [0.1, 0.15) is 6.07 Å². The first kappa shape index (κ1) is 12.0. The molecule has 82 valence electrons. The topological polar surface area (TPSA) is 86.5 Å². The SMILES string of the molecule is N#CCc1cc(C(F)F)c(C#N)c(CN)n1. The standard InChI is InChI=1S/C10H8F2N4/c11-10(12)7-3-6(1-2-13)16-9(5-15)8(7)4-14/h3,10H,1,5,15H2. The Balaban J connectivity index is 3.40. The highest BCUT2D eigenvalue weighted by atomic mass is 19.3. The van der Waals surface area contributed by atoms with E-state index in [1.807, 2.05) is 6.07 Å². The van der Waals surface area contributed by atoms with Crippen molar-refractivity contribution < 1.29 is 8.78 Å². The van der Waals surface area contributed by atoms with Gasteiger partial charge >= 0.3 is 0 Å². The minimum Gasteiger partial charge on any atom is -0.325 e. The Kier molecular flexibility index (Phi) is 3.87. The second-order valence-corrected chi connectivity index (χ2v) is 2.98. The zero-order valence-corrected chi connectivity index (χ0v) is 8.24. The maximum absolute atomic E-state index is 12.6. The highest BCUT2D eigenvalue weighted by molar-refractivity contribution is 5.43. The molecule has 0 radical (unpaired) electrons. The summed E-state index contributed by atoms with van der Waals surface area (Å²) in [4.78, 5) is 3.89. The van der Waals surface area contributed by atoms with Crippen molar-refractivity contribution in [3.05, 3.63) is 28.6 Å². The van der Waals surface area contributed by atoms with Crippen molar-refractivity contribution >= 4 is 0 Å². The second-order valence-electron chi connectivity index (χ2n) is 2.98. The van der Waals surface area contributed by atoms with Crippen LogP contribution in [0.4, 0.5) is 8.78 Å². The lowest BCUT2D eigenvalue weighted by Gasteiger charge is -2.08. The van der Waals surface area contributed by atoms with Gasteiger partial charge in [0.05, 0.1) is 29.4 Å². The smallest absolute Gasteiger partial charge is 0.265 e. The maximum Gasteiger partial charge on any atom is 0.265 e. The number of alkyl halides is 2. The third kappa shape index (κ3) is 2.30. The van der Waals surface area contributed by atoms with Crippen LogP contribution in [0.1, 0.15) is 28.9 Å². The van der Waals surface area contributed by atoms with E-state index in [2.05, 4.69) is 4.98 Å². The Morgan fingerprint density at radius 1 is 1.44 bits per heavy atom. The van der Waals surface area contributed by atoms with Gasteiger partial charge in [-0.25, -0.2) is 8.78 Å². The molecule has 6 heteroatoms. The largest absolute Gasteiger partial charge is 0.325 e. The van der Waals surface area contributed by atoms with Crippen LogP contribution in [0.5, 0.6) is 0 Å². The van der Waals surface area contributed by atoms with Gasteiger partial charge in [0.25, 0.3) is 6.43 Å². The van der Waals surface area contributed by atoms with Crippen LogP contribution in [0, 0.1) is 22.7 Å². The zero-order chi connectivity index (χ0) is 12.1. The molecule has 0 spiro atoms. The molecule has 0 saturated carbocycles. The van der Waals surface area contributed by atoms with Crippen LogP contribution in [-0.4, -0.2) is 4.98 Å². The Bertz CT molecular complexity index is 471. The molecule has 0 aliphatic heterocycles. The van der Waals surface area contributed by atoms with Crippen molar-refractivity contribution in [1.82, 2.24) is 4.98 Å². The van der Waals surface area contributed by atoms with E-state index in [9.17, 15) is 8.78 Å². The summed E-state index contributed by atoms with van der Waals surface area (Å²) >= 11 is 0. The molecular weight excluding hydrogens is 214 g/mol. The molecule has 0 aromatic carbocycles. The molecule has 0 amide bonds. The average molecular weight is 222 g/mol. The molecular formula is C10H8F2N4. The van der Waals surface area contributed by atoms with Gasteiger partial charge in [0.2, 0.25) is 0 Å². The molecule has 0 aliphatic carbocycles. The summed E-state index contributed by atoms with van der Waals surface area (Å²) in [5.74, 6) is 0. The summed E-state index contributed by atoms with van der Waals surface area (Å²) in [5, 5.41) is 17.2. The quantitative estimate of drug-likeness (QED) is 0.837. The third-order valence-electron chi connectivity index (χ3n) is 1.98. The fourth-order valence-electron chi connectivity index (χ4n) is 1.30. The summed E-state index contributed by atoms with van der Waals surface area (Å²) in [6, 6.07) is 4.54. The highest BCUT2D eigenvalue weighted by Gasteiger charge is 2.18. The van der Waals surface area contributed by atoms with Gasteiger partial charge in [-0.15, -0.1) is 0 Å². The lowest BCUT2D eigenvalue weighted by molar-refractivity contribution is 0.150. The highest BCUT2D eigenvalue weighted by Crippen LogP contribution is 2.25. The lowest BCUT2D eigenvalue weighted by atomic mass is 10.1. The molecule has 0 unspecified atom stereocenters. The molecule has 4 nitrogen and oxygen atoms in total. The lowest BCUT2D eigenvalue weighted by Crippen LogP contribution is -2.08. The van der Waals surface area contributed by atoms with E-state index in [0.717, 1.165) is 6.07 Å². The Labute approximate surface area is 90.9 Å². The average Bonchev–Trinajstić information content (AvgIpc) is 2.28. The van der Waals surface area contributed by atoms with Crippen LogP contribution in [0.2, 0.25) is 0 Å². The van der Waals surface area contributed by atoms with E-state index >= 15 is 0 Å². The Morgan fingerprint density at radius 3 is 2.56 bits per heavy atom. The first-order valence-electron chi connectivity index (χ1n) is 4.42. The fourth-order valence-corrected chi connectivity index (χ4v) is 1.30. The summed E-state index contributed by atoms with van der Waals surface area (Å²) < 4.78 is 25.3. The van der Waals surface area contributed by atoms with Gasteiger partial charge < -0.3 is 5.73 Å². The van der Waals surface area contributed by atoms with Crippen LogP contribution >= 0.6 is 0 Å². The van der Waals surface area contributed by atoms with E-state index < -0.39 is 12.0 Å². The normalized spacial score (nSPS) is 9.88. The van der Waals surface area contributed by atoms with E-state index in [4.69, 9.17) is 16.3 Å². The van der Waals surface area contributed by atoms with E-state index in [-0.39, 0.29) is 29.9 Å². The minimum atomic E-state index is -2.78. The molecule has 1 rings (SSSR count). The molecule has 16 heavy (non-hydrogen) atoms. The van der Waals surface area contributed by atoms with Gasteiger partial charge in [-0.1, -0.05) is 0 Å². The van der Waals surface area contributed by atoms with Crippen molar-refractivity contribution in [1.29, 1.82) is 10.5 Å². The number of nitrogens with two attached hydrogens (primary N) is 1. The van der Waals surface area contributed by atoms with Crippen LogP contribution in [-0.2, 0) is 13.0 Å². The monoisotopic (exact) mass is 222 g/mol. The number of nitriles is 2. The van der Waals surface area contributed by atoms with Gasteiger partial charge in [0.15, 0.2) is 0 Å². The van der Waals surface area contributed by atoms with E-state index in [1.54, 1.807) is 6.07 Å². The molecule has 2 N–H and O–H groups in total. The van der Waals surface area contributed by atoms with Gasteiger partial charge in [-0.3, -0.25) is 4.98 Å². The van der Waals surface area contributed by atoms with Crippen LogP contribution in [0.3, 0.4) is 0 Å².